The van der Waals surface area contributed by atoms with E-state index in [4.69, 9.17) is 0 Å². The quantitative estimate of drug-likeness (QED) is 0.907. The molecule has 17 heavy (non-hydrogen) atoms. The monoisotopic (exact) mass is 248 g/mol. The summed E-state index contributed by atoms with van der Waals surface area (Å²) in [4.78, 5) is 6.99. The number of hydrogen-bond donors (Lipinski definition) is 1. The van der Waals surface area contributed by atoms with Gasteiger partial charge in [0.1, 0.15) is 0 Å². The number of thiophene rings is 1. The molecule has 2 heterocycles. The standard InChI is InChI=1S/C12H16N4S/c1-7-5-11(17-10(7)4)6-13-12-14-8(2)9(3)15-16-12/h5H,6H2,1-4H3,(H,13,14,16). The summed E-state index contributed by atoms with van der Waals surface area (Å²) in [5, 5.41) is 11.3. The van der Waals surface area contributed by atoms with E-state index >= 15 is 0 Å². The van der Waals surface area contributed by atoms with Crippen molar-refractivity contribution < 1.29 is 0 Å². The summed E-state index contributed by atoms with van der Waals surface area (Å²) in [6, 6.07) is 2.20. The third kappa shape index (κ3) is 2.79. The normalized spacial score (nSPS) is 10.6. The molecule has 0 aliphatic heterocycles. The van der Waals surface area contributed by atoms with E-state index in [1.54, 1.807) is 11.3 Å². The van der Waals surface area contributed by atoms with Gasteiger partial charge in [-0.1, -0.05) is 0 Å². The molecule has 0 saturated heterocycles. The molecule has 0 atom stereocenters. The van der Waals surface area contributed by atoms with Crippen molar-refractivity contribution in [3.05, 3.63) is 32.8 Å². The minimum Gasteiger partial charge on any atom is -0.348 e. The fourth-order valence-corrected chi connectivity index (χ4v) is 2.43. The summed E-state index contributed by atoms with van der Waals surface area (Å²) in [7, 11) is 0. The van der Waals surface area contributed by atoms with Gasteiger partial charge in [0.05, 0.1) is 17.9 Å². The summed E-state index contributed by atoms with van der Waals surface area (Å²) < 4.78 is 0. The van der Waals surface area contributed by atoms with Crippen LogP contribution in [0.5, 0.6) is 0 Å². The molecular formula is C12H16N4S. The maximum atomic E-state index is 4.34. The molecule has 5 heteroatoms. The van der Waals surface area contributed by atoms with Gasteiger partial charge < -0.3 is 5.32 Å². The molecule has 1 N–H and O–H groups in total. The number of nitrogens with one attached hydrogen (secondary N) is 1. The van der Waals surface area contributed by atoms with Crippen LogP contribution in [0, 0.1) is 27.7 Å². The second kappa shape index (κ2) is 4.79. The Morgan fingerprint density at radius 2 is 1.88 bits per heavy atom. The van der Waals surface area contributed by atoms with Crippen molar-refractivity contribution in [2.24, 2.45) is 0 Å². The Morgan fingerprint density at radius 3 is 2.47 bits per heavy atom. The van der Waals surface area contributed by atoms with Crippen LogP contribution in [0.15, 0.2) is 6.07 Å². The van der Waals surface area contributed by atoms with E-state index in [1.165, 1.54) is 15.3 Å². The maximum Gasteiger partial charge on any atom is 0.243 e. The van der Waals surface area contributed by atoms with Crippen molar-refractivity contribution in [2.45, 2.75) is 34.2 Å². The number of rotatable bonds is 3. The first kappa shape index (κ1) is 12.0. The third-order valence-corrected chi connectivity index (χ3v) is 3.88. The van der Waals surface area contributed by atoms with E-state index in [9.17, 15) is 0 Å². The van der Waals surface area contributed by atoms with Gasteiger partial charge in [0, 0.05) is 9.75 Å². The van der Waals surface area contributed by atoms with Crippen LogP contribution in [-0.2, 0) is 6.54 Å². The molecule has 0 aromatic carbocycles. The van der Waals surface area contributed by atoms with Crippen LogP contribution in [-0.4, -0.2) is 15.2 Å². The molecule has 0 unspecified atom stereocenters. The third-order valence-electron chi connectivity index (χ3n) is 2.73. The van der Waals surface area contributed by atoms with Gasteiger partial charge in [0.2, 0.25) is 5.95 Å². The number of aryl methyl sites for hydroxylation is 4. The van der Waals surface area contributed by atoms with Crippen molar-refractivity contribution in [3.63, 3.8) is 0 Å². The predicted octanol–water partition coefficient (Wildman–Crippen LogP) is 2.78. The summed E-state index contributed by atoms with van der Waals surface area (Å²) in [6.45, 7) is 8.87. The van der Waals surface area contributed by atoms with Crippen LogP contribution >= 0.6 is 11.3 Å². The predicted molar refractivity (Wildman–Crippen MR) is 70.4 cm³/mol. The number of nitrogens with zero attached hydrogens (tertiary/aromatic N) is 3. The van der Waals surface area contributed by atoms with E-state index in [0.717, 1.165) is 17.9 Å². The van der Waals surface area contributed by atoms with E-state index in [2.05, 4.69) is 40.4 Å². The van der Waals surface area contributed by atoms with Gasteiger partial charge in [-0.05, 0) is 39.3 Å². The van der Waals surface area contributed by atoms with E-state index in [-0.39, 0.29) is 0 Å². The molecule has 2 aromatic heterocycles. The highest BCUT2D eigenvalue weighted by atomic mass is 32.1. The first-order valence-electron chi connectivity index (χ1n) is 5.54. The SMILES string of the molecule is Cc1cc(CNc2nnc(C)c(C)n2)sc1C. The molecule has 4 nitrogen and oxygen atoms in total. The lowest BCUT2D eigenvalue weighted by molar-refractivity contribution is 0.887. The Kier molecular flexibility index (Phi) is 3.38. The average Bonchev–Trinajstić information content (AvgIpc) is 2.60. The zero-order valence-electron chi connectivity index (χ0n) is 10.5. The second-order valence-electron chi connectivity index (χ2n) is 4.11. The minimum absolute atomic E-state index is 0.594. The molecule has 2 rings (SSSR count). The van der Waals surface area contributed by atoms with Crippen LogP contribution in [0.4, 0.5) is 5.95 Å². The molecule has 0 amide bonds. The Labute approximate surface area is 105 Å². The Balaban J connectivity index is 2.04. The van der Waals surface area contributed by atoms with Gasteiger partial charge in [-0.25, -0.2) is 4.98 Å². The topological polar surface area (TPSA) is 50.7 Å². The van der Waals surface area contributed by atoms with Gasteiger partial charge >= 0.3 is 0 Å². The minimum atomic E-state index is 0.594. The van der Waals surface area contributed by atoms with Gasteiger partial charge in [-0.3, -0.25) is 0 Å². The highest BCUT2D eigenvalue weighted by Crippen LogP contribution is 2.21. The summed E-state index contributed by atoms with van der Waals surface area (Å²) in [5.41, 5.74) is 3.13. The highest BCUT2D eigenvalue weighted by molar-refractivity contribution is 7.12. The summed E-state index contributed by atoms with van der Waals surface area (Å²) >= 11 is 1.80. The molecule has 0 aliphatic rings. The number of hydrogen-bond acceptors (Lipinski definition) is 5. The van der Waals surface area contributed by atoms with Gasteiger partial charge in [-0.15, -0.1) is 16.4 Å². The largest absolute Gasteiger partial charge is 0.348 e. The van der Waals surface area contributed by atoms with Gasteiger partial charge in [0.15, 0.2) is 0 Å². The lowest BCUT2D eigenvalue weighted by atomic mass is 10.3. The maximum absolute atomic E-state index is 4.34. The van der Waals surface area contributed by atoms with E-state index in [1.807, 2.05) is 13.8 Å². The van der Waals surface area contributed by atoms with Crippen molar-refractivity contribution in [1.82, 2.24) is 15.2 Å². The van der Waals surface area contributed by atoms with Crippen molar-refractivity contribution in [2.75, 3.05) is 5.32 Å². The molecule has 0 aliphatic carbocycles. The van der Waals surface area contributed by atoms with Crippen LogP contribution in [0.1, 0.15) is 26.7 Å². The molecule has 90 valence electrons. The number of aromatic nitrogens is 3. The van der Waals surface area contributed by atoms with Crippen LogP contribution in [0.3, 0.4) is 0 Å². The van der Waals surface area contributed by atoms with E-state index in [0.29, 0.717) is 5.95 Å². The molecule has 0 radical (unpaired) electrons. The van der Waals surface area contributed by atoms with Crippen LogP contribution in [0.2, 0.25) is 0 Å². The fraction of sp³-hybridized carbons (Fsp3) is 0.417. The number of anilines is 1. The zero-order chi connectivity index (χ0) is 12.4. The Bertz CT molecular complexity index is 514. The molecule has 0 bridgehead atoms. The Hall–Kier alpha value is -1.49. The van der Waals surface area contributed by atoms with Gasteiger partial charge in [0.25, 0.3) is 0 Å². The van der Waals surface area contributed by atoms with Crippen LogP contribution < -0.4 is 5.32 Å². The van der Waals surface area contributed by atoms with Crippen LogP contribution in [0.25, 0.3) is 0 Å². The van der Waals surface area contributed by atoms with Crippen molar-refractivity contribution >= 4 is 17.3 Å². The summed E-state index contributed by atoms with van der Waals surface area (Å²) in [5.74, 6) is 0.594. The van der Waals surface area contributed by atoms with E-state index < -0.39 is 0 Å². The lowest BCUT2D eigenvalue weighted by Crippen LogP contribution is -2.06. The zero-order valence-corrected chi connectivity index (χ0v) is 11.4. The van der Waals surface area contributed by atoms with Crippen molar-refractivity contribution in [1.29, 1.82) is 0 Å². The first-order chi connectivity index (χ1) is 8.06. The second-order valence-corrected chi connectivity index (χ2v) is 5.45. The van der Waals surface area contributed by atoms with Gasteiger partial charge in [-0.2, -0.15) is 5.10 Å². The molecular weight excluding hydrogens is 232 g/mol. The molecule has 2 aromatic rings. The smallest absolute Gasteiger partial charge is 0.243 e. The molecule has 0 fully saturated rings. The summed E-state index contributed by atoms with van der Waals surface area (Å²) in [6.07, 6.45) is 0. The average molecular weight is 248 g/mol. The fourth-order valence-electron chi connectivity index (χ4n) is 1.43. The molecule has 0 saturated carbocycles. The Morgan fingerprint density at radius 1 is 1.12 bits per heavy atom. The first-order valence-corrected chi connectivity index (χ1v) is 6.35. The van der Waals surface area contributed by atoms with Crippen molar-refractivity contribution in [3.8, 4) is 0 Å². The lowest BCUT2D eigenvalue weighted by Gasteiger charge is -2.03. The highest BCUT2D eigenvalue weighted by Gasteiger charge is 2.04. The molecule has 0 spiro atoms.